The molecule has 6 rings (SSSR count). The van der Waals surface area contributed by atoms with Crippen molar-refractivity contribution in [2.75, 3.05) is 0 Å². The molecule has 144 valence electrons. The third-order valence-electron chi connectivity index (χ3n) is 5.57. The van der Waals surface area contributed by atoms with Crippen LogP contribution in [-0.2, 0) is 0 Å². The van der Waals surface area contributed by atoms with Gasteiger partial charge in [-0.05, 0) is 36.5 Å². The molecule has 0 bridgehead atoms. The van der Waals surface area contributed by atoms with Crippen LogP contribution >= 0.6 is 11.3 Å². The van der Waals surface area contributed by atoms with Gasteiger partial charge in [0.15, 0.2) is 11.5 Å². The van der Waals surface area contributed by atoms with E-state index < -0.39 is 6.43 Å². The van der Waals surface area contributed by atoms with Crippen LogP contribution in [0.4, 0.5) is 8.78 Å². The number of hydrogen-bond acceptors (Lipinski definition) is 5. The normalized spacial score (nSPS) is 19.0. The van der Waals surface area contributed by atoms with Crippen molar-refractivity contribution < 1.29 is 8.78 Å². The number of rotatable bonds is 3. The minimum Gasteiger partial charge on any atom is -0.236 e. The largest absolute Gasteiger partial charge is 0.280 e. The van der Waals surface area contributed by atoms with Crippen LogP contribution in [0.1, 0.15) is 47.3 Å². The van der Waals surface area contributed by atoms with E-state index >= 15 is 0 Å². The Morgan fingerprint density at radius 2 is 1.97 bits per heavy atom. The lowest BCUT2D eigenvalue weighted by atomic mass is 10.1. The number of halogens is 2. The number of pyridine rings is 1. The zero-order valence-electron chi connectivity index (χ0n) is 15.4. The molecule has 1 aromatic carbocycles. The Labute approximate surface area is 168 Å². The van der Waals surface area contributed by atoms with Crippen molar-refractivity contribution in [3.05, 3.63) is 65.4 Å². The number of hydrogen-bond donors (Lipinski definition) is 0. The standard InChI is InChI=1S/C21H15F2N5S/c1-10-7-14(18(22)23)25-21-15(10)16-17(29-21)20-26-19(27-28(20)9-24-16)13-8-12(13)11-5-3-2-4-6-11/h2-7,9,12-13,18H,8H2,1H3. The first-order valence-electron chi connectivity index (χ1n) is 9.38. The van der Waals surface area contributed by atoms with Crippen molar-refractivity contribution in [1.82, 2.24) is 24.6 Å². The highest BCUT2D eigenvalue weighted by molar-refractivity contribution is 7.26. The maximum absolute atomic E-state index is 13.2. The summed E-state index contributed by atoms with van der Waals surface area (Å²) in [5.74, 6) is 1.55. The Hall–Kier alpha value is -3.00. The predicted molar refractivity (Wildman–Crippen MR) is 108 cm³/mol. The van der Waals surface area contributed by atoms with Gasteiger partial charge in [0.1, 0.15) is 21.6 Å². The highest BCUT2D eigenvalue weighted by Crippen LogP contribution is 2.53. The van der Waals surface area contributed by atoms with Crippen molar-refractivity contribution in [3.8, 4) is 0 Å². The second kappa shape index (κ2) is 6.00. The number of fused-ring (bicyclic) bond motifs is 5. The quantitative estimate of drug-likeness (QED) is 0.402. The van der Waals surface area contributed by atoms with Gasteiger partial charge in [-0.1, -0.05) is 30.3 Å². The van der Waals surface area contributed by atoms with Crippen molar-refractivity contribution in [2.24, 2.45) is 0 Å². The third-order valence-corrected chi connectivity index (χ3v) is 6.64. The van der Waals surface area contributed by atoms with E-state index in [4.69, 9.17) is 4.98 Å². The summed E-state index contributed by atoms with van der Waals surface area (Å²) in [5.41, 5.74) is 3.31. The van der Waals surface area contributed by atoms with Crippen molar-refractivity contribution in [1.29, 1.82) is 0 Å². The second-order valence-electron chi connectivity index (χ2n) is 7.47. The van der Waals surface area contributed by atoms with E-state index in [1.165, 1.54) is 23.0 Å². The van der Waals surface area contributed by atoms with Gasteiger partial charge in [-0.2, -0.15) is 0 Å². The molecule has 0 amide bonds. The van der Waals surface area contributed by atoms with Crippen LogP contribution in [0.25, 0.3) is 26.1 Å². The summed E-state index contributed by atoms with van der Waals surface area (Å²) in [6.07, 6.45) is 0.0870. The Morgan fingerprint density at radius 1 is 1.14 bits per heavy atom. The molecule has 1 saturated carbocycles. The molecule has 2 atom stereocenters. The van der Waals surface area contributed by atoms with Gasteiger partial charge >= 0.3 is 0 Å². The summed E-state index contributed by atoms with van der Waals surface area (Å²) in [5, 5.41) is 5.46. The molecule has 8 heteroatoms. The Bertz CT molecular complexity index is 1390. The van der Waals surface area contributed by atoms with Crippen LogP contribution in [-0.4, -0.2) is 24.6 Å². The molecule has 29 heavy (non-hydrogen) atoms. The lowest BCUT2D eigenvalue weighted by Gasteiger charge is -2.01. The van der Waals surface area contributed by atoms with E-state index in [1.54, 1.807) is 10.8 Å². The molecule has 1 fully saturated rings. The smallest absolute Gasteiger partial charge is 0.236 e. The summed E-state index contributed by atoms with van der Waals surface area (Å²) in [7, 11) is 0. The van der Waals surface area contributed by atoms with E-state index in [0.717, 1.165) is 33.4 Å². The summed E-state index contributed by atoms with van der Waals surface area (Å²) in [6, 6.07) is 11.8. The minimum atomic E-state index is -2.60. The lowest BCUT2D eigenvalue weighted by molar-refractivity contribution is 0.146. The monoisotopic (exact) mass is 407 g/mol. The van der Waals surface area contributed by atoms with E-state index in [2.05, 4.69) is 39.3 Å². The Kier molecular flexibility index (Phi) is 3.50. The molecule has 5 nitrogen and oxygen atoms in total. The number of alkyl halides is 2. The van der Waals surface area contributed by atoms with Crippen LogP contribution < -0.4 is 0 Å². The highest BCUT2D eigenvalue weighted by Gasteiger charge is 2.42. The molecule has 2 unspecified atom stereocenters. The fourth-order valence-electron chi connectivity index (χ4n) is 4.07. The van der Waals surface area contributed by atoms with Crippen LogP contribution in [0, 0.1) is 6.92 Å². The Balaban J connectivity index is 1.49. The van der Waals surface area contributed by atoms with Crippen LogP contribution in [0.3, 0.4) is 0 Å². The van der Waals surface area contributed by atoms with Crippen LogP contribution in [0.2, 0.25) is 0 Å². The van der Waals surface area contributed by atoms with E-state index in [-0.39, 0.29) is 5.69 Å². The molecule has 1 aliphatic rings. The maximum atomic E-state index is 13.2. The topological polar surface area (TPSA) is 56.0 Å². The first-order chi connectivity index (χ1) is 14.1. The highest BCUT2D eigenvalue weighted by atomic mass is 32.1. The summed E-state index contributed by atoms with van der Waals surface area (Å²) >= 11 is 1.35. The number of benzene rings is 1. The molecule has 0 radical (unpaired) electrons. The maximum Gasteiger partial charge on any atom is 0.280 e. The van der Waals surface area contributed by atoms with Crippen LogP contribution in [0.15, 0.2) is 42.7 Å². The summed E-state index contributed by atoms with van der Waals surface area (Å²) in [4.78, 5) is 14.1. The molecule has 0 spiro atoms. The van der Waals surface area contributed by atoms with Crippen LogP contribution in [0.5, 0.6) is 0 Å². The Morgan fingerprint density at radius 3 is 2.76 bits per heavy atom. The summed E-state index contributed by atoms with van der Waals surface area (Å²) < 4.78 is 28.8. The SMILES string of the molecule is Cc1cc(C(F)F)nc2sc3c(ncn4nc(C5CC5c5ccccc5)nc34)c12. The van der Waals surface area contributed by atoms with Gasteiger partial charge in [-0.3, -0.25) is 0 Å². The summed E-state index contributed by atoms with van der Waals surface area (Å²) in [6.45, 7) is 1.82. The fourth-order valence-corrected chi connectivity index (χ4v) is 5.25. The third kappa shape index (κ3) is 2.55. The minimum absolute atomic E-state index is 0.205. The van der Waals surface area contributed by atoms with E-state index in [0.29, 0.717) is 22.3 Å². The second-order valence-corrected chi connectivity index (χ2v) is 8.47. The molecule has 5 aromatic rings. The van der Waals surface area contributed by atoms with E-state index in [1.807, 2.05) is 13.0 Å². The number of aromatic nitrogens is 5. The molecule has 4 heterocycles. The first-order valence-corrected chi connectivity index (χ1v) is 10.2. The average Bonchev–Trinajstić information content (AvgIpc) is 3.24. The van der Waals surface area contributed by atoms with Gasteiger partial charge in [0.05, 0.1) is 5.52 Å². The number of aryl methyl sites for hydroxylation is 1. The average molecular weight is 407 g/mol. The van der Waals surface area contributed by atoms with E-state index in [9.17, 15) is 8.78 Å². The molecule has 0 saturated heterocycles. The van der Waals surface area contributed by atoms with Gasteiger partial charge in [0.2, 0.25) is 0 Å². The van der Waals surface area contributed by atoms with Gasteiger partial charge < -0.3 is 0 Å². The molecule has 0 N–H and O–H groups in total. The molecule has 0 aliphatic heterocycles. The predicted octanol–water partition coefficient (Wildman–Crippen LogP) is 5.40. The number of nitrogens with zero attached hydrogens (tertiary/aromatic N) is 5. The zero-order valence-corrected chi connectivity index (χ0v) is 16.2. The fraction of sp³-hybridized carbons (Fsp3) is 0.238. The van der Waals surface area contributed by atoms with Crippen molar-refractivity contribution in [3.63, 3.8) is 0 Å². The van der Waals surface area contributed by atoms with Crippen molar-refractivity contribution >= 4 is 37.4 Å². The van der Waals surface area contributed by atoms with Gasteiger partial charge in [-0.15, -0.1) is 16.4 Å². The van der Waals surface area contributed by atoms with Gasteiger partial charge in [-0.25, -0.2) is 28.2 Å². The zero-order chi connectivity index (χ0) is 19.7. The molecule has 4 aromatic heterocycles. The van der Waals surface area contributed by atoms with Crippen molar-refractivity contribution in [2.45, 2.75) is 31.6 Å². The molecular weight excluding hydrogens is 392 g/mol. The van der Waals surface area contributed by atoms with Gasteiger partial charge in [0.25, 0.3) is 6.43 Å². The van der Waals surface area contributed by atoms with Gasteiger partial charge in [0, 0.05) is 11.3 Å². The first kappa shape index (κ1) is 16.9. The number of thiophene rings is 1. The molecular formula is C21H15F2N5S. The lowest BCUT2D eigenvalue weighted by Crippen LogP contribution is -1.92. The molecule has 1 aliphatic carbocycles.